The van der Waals surface area contributed by atoms with Crippen molar-refractivity contribution >= 4 is 5.65 Å². The number of aromatic nitrogens is 2. The molecule has 2 heterocycles. The second-order valence-electron chi connectivity index (χ2n) is 4.70. The van der Waals surface area contributed by atoms with Crippen molar-refractivity contribution in [1.29, 1.82) is 0 Å². The molecule has 3 aromatic rings. The lowest BCUT2D eigenvalue weighted by molar-refractivity contribution is 1.00. The molecule has 94 valence electrons. The Labute approximate surface area is 111 Å². The summed E-state index contributed by atoms with van der Waals surface area (Å²) in [7, 11) is 0. The summed E-state index contributed by atoms with van der Waals surface area (Å²) in [6, 6.07) is 13.8. The van der Waals surface area contributed by atoms with Crippen molar-refractivity contribution in [3.8, 4) is 0 Å². The molecule has 0 atom stereocenters. The smallest absolute Gasteiger partial charge is 0.276 e. The molecule has 0 N–H and O–H groups in total. The van der Waals surface area contributed by atoms with Gasteiger partial charge in [-0.05, 0) is 24.6 Å². The van der Waals surface area contributed by atoms with Crippen LogP contribution in [0.5, 0.6) is 0 Å². The second kappa shape index (κ2) is 4.69. The molecule has 0 spiro atoms. The van der Waals surface area contributed by atoms with Crippen LogP contribution in [-0.4, -0.2) is 9.38 Å². The molecule has 0 saturated carbocycles. The molecule has 0 aliphatic rings. The van der Waals surface area contributed by atoms with Gasteiger partial charge in [-0.1, -0.05) is 35.9 Å². The summed E-state index contributed by atoms with van der Waals surface area (Å²) in [4.78, 5) is 16.1. The van der Waals surface area contributed by atoms with Crippen LogP contribution in [0, 0.1) is 6.92 Å². The average Bonchev–Trinajstić information content (AvgIpc) is 2.42. The summed E-state index contributed by atoms with van der Waals surface area (Å²) in [5.74, 6) is 0. The highest BCUT2D eigenvalue weighted by molar-refractivity contribution is 5.38. The van der Waals surface area contributed by atoms with Gasteiger partial charge in [-0.15, -0.1) is 0 Å². The van der Waals surface area contributed by atoms with Crippen molar-refractivity contribution in [3.05, 3.63) is 81.9 Å². The normalized spacial score (nSPS) is 10.8. The van der Waals surface area contributed by atoms with Crippen molar-refractivity contribution in [2.75, 3.05) is 0 Å². The van der Waals surface area contributed by atoms with Gasteiger partial charge in [-0.3, -0.25) is 4.79 Å². The minimum atomic E-state index is -0.147. The molecule has 0 amide bonds. The Balaban J connectivity index is 2.03. The summed E-state index contributed by atoms with van der Waals surface area (Å²) in [6.07, 6.45) is 4.38. The third-order valence-corrected chi connectivity index (χ3v) is 3.17. The Morgan fingerprint density at radius 3 is 2.68 bits per heavy atom. The molecule has 3 nitrogen and oxygen atoms in total. The number of hydrogen-bond acceptors (Lipinski definition) is 2. The minimum absolute atomic E-state index is 0.147. The molecule has 0 aliphatic heterocycles. The van der Waals surface area contributed by atoms with Crippen LogP contribution in [0.1, 0.15) is 16.7 Å². The summed E-state index contributed by atoms with van der Waals surface area (Å²) < 4.78 is 1.88. The molecule has 19 heavy (non-hydrogen) atoms. The van der Waals surface area contributed by atoms with E-state index in [1.807, 2.05) is 35.0 Å². The maximum Gasteiger partial charge on any atom is 0.276 e. The molecule has 0 unspecified atom stereocenters. The zero-order chi connectivity index (χ0) is 13.2. The minimum Gasteiger partial charge on any atom is -0.308 e. The number of hydrogen-bond donors (Lipinski definition) is 0. The van der Waals surface area contributed by atoms with E-state index in [1.165, 1.54) is 5.56 Å². The first kappa shape index (κ1) is 11.7. The summed E-state index contributed by atoms with van der Waals surface area (Å²) >= 11 is 0. The largest absolute Gasteiger partial charge is 0.308 e. The van der Waals surface area contributed by atoms with E-state index >= 15 is 0 Å². The van der Waals surface area contributed by atoms with Gasteiger partial charge in [-0.2, -0.15) is 4.98 Å². The van der Waals surface area contributed by atoms with Crippen LogP contribution in [0.2, 0.25) is 0 Å². The van der Waals surface area contributed by atoms with Crippen LogP contribution < -0.4 is 5.56 Å². The molecule has 1 aromatic carbocycles. The lowest BCUT2D eigenvalue weighted by atomic mass is 10.1. The van der Waals surface area contributed by atoms with E-state index in [9.17, 15) is 4.79 Å². The monoisotopic (exact) mass is 250 g/mol. The predicted octanol–water partition coefficient (Wildman–Crippen LogP) is 2.59. The van der Waals surface area contributed by atoms with Gasteiger partial charge >= 0.3 is 0 Å². The zero-order valence-electron chi connectivity index (χ0n) is 10.7. The Morgan fingerprint density at radius 1 is 1.11 bits per heavy atom. The van der Waals surface area contributed by atoms with Gasteiger partial charge in [0, 0.05) is 24.4 Å². The van der Waals surface area contributed by atoms with Crippen LogP contribution in [0.3, 0.4) is 0 Å². The van der Waals surface area contributed by atoms with Crippen LogP contribution in [-0.2, 0) is 6.42 Å². The zero-order valence-corrected chi connectivity index (χ0v) is 10.7. The van der Waals surface area contributed by atoms with E-state index < -0.39 is 0 Å². The van der Waals surface area contributed by atoms with Gasteiger partial charge in [0.25, 0.3) is 5.56 Å². The molecule has 0 saturated heterocycles. The van der Waals surface area contributed by atoms with Gasteiger partial charge < -0.3 is 4.40 Å². The van der Waals surface area contributed by atoms with Crippen LogP contribution in [0.15, 0.2) is 59.7 Å². The third kappa shape index (κ3) is 2.40. The van der Waals surface area contributed by atoms with E-state index in [4.69, 9.17) is 0 Å². The summed E-state index contributed by atoms with van der Waals surface area (Å²) in [5, 5.41) is 0. The van der Waals surface area contributed by atoms with E-state index in [0.29, 0.717) is 17.6 Å². The Bertz CT molecular complexity index is 773. The number of nitrogens with zero attached hydrogens (tertiary/aromatic N) is 2. The molecular weight excluding hydrogens is 236 g/mol. The van der Waals surface area contributed by atoms with Gasteiger partial charge in [0.05, 0.1) is 0 Å². The highest BCUT2D eigenvalue weighted by atomic mass is 16.1. The fourth-order valence-electron chi connectivity index (χ4n) is 2.10. The third-order valence-electron chi connectivity index (χ3n) is 3.17. The van der Waals surface area contributed by atoms with Crippen molar-refractivity contribution in [1.82, 2.24) is 9.38 Å². The van der Waals surface area contributed by atoms with E-state index in [0.717, 1.165) is 5.56 Å². The molecule has 0 radical (unpaired) electrons. The predicted molar refractivity (Wildman–Crippen MR) is 75.4 cm³/mol. The Kier molecular flexibility index (Phi) is 2.88. The van der Waals surface area contributed by atoms with Gasteiger partial charge in [0.1, 0.15) is 5.65 Å². The molecule has 0 fully saturated rings. The van der Waals surface area contributed by atoms with Crippen LogP contribution >= 0.6 is 0 Å². The fraction of sp³-hybridized carbons (Fsp3) is 0.125. The first-order chi connectivity index (χ1) is 9.22. The summed E-state index contributed by atoms with van der Waals surface area (Å²) in [5.41, 5.74) is 3.59. The topological polar surface area (TPSA) is 34.4 Å². The standard InChI is InChI=1S/C16H14N2O/c1-12-5-7-13(8-6-12)10-14-11-18-9-3-2-4-15(18)17-16(14)19/h2-9,11H,10H2,1H3. The quantitative estimate of drug-likeness (QED) is 0.700. The molecular formula is C16H14N2O. The van der Waals surface area contributed by atoms with Crippen molar-refractivity contribution in [2.24, 2.45) is 0 Å². The van der Waals surface area contributed by atoms with E-state index in [-0.39, 0.29) is 5.56 Å². The fourth-order valence-corrected chi connectivity index (χ4v) is 2.10. The maximum atomic E-state index is 12.0. The number of rotatable bonds is 2. The second-order valence-corrected chi connectivity index (χ2v) is 4.70. The van der Waals surface area contributed by atoms with Crippen LogP contribution in [0.25, 0.3) is 5.65 Å². The van der Waals surface area contributed by atoms with E-state index in [1.54, 1.807) is 0 Å². The SMILES string of the molecule is Cc1ccc(Cc2cn3ccccc3nc2=O)cc1. The van der Waals surface area contributed by atoms with Gasteiger partial charge in [0.2, 0.25) is 0 Å². The number of pyridine rings is 1. The molecule has 3 heteroatoms. The number of fused-ring (bicyclic) bond motifs is 1. The van der Waals surface area contributed by atoms with Crippen molar-refractivity contribution < 1.29 is 0 Å². The van der Waals surface area contributed by atoms with Crippen molar-refractivity contribution in [2.45, 2.75) is 13.3 Å². The Hall–Kier alpha value is -2.42. The Morgan fingerprint density at radius 2 is 1.89 bits per heavy atom. The van der Waals surface area contributed by atoms with Gasteiger partial charge in [-0.25, -0.2) is 0 Å². The molecule has 0 aliphatic carbocycles. The average molecular weight is 250 g/mol. The first-order valence-electron chi connectivity index (χ1n) is 6.25. The lowest BCUT2D eigenvalue weighted by Crippen LogP contribution is -2.15. The summed E-state index contributed by atoms with van der Waals surface area (Å²) in [6.45, 7) is 2.05. The van der Waals surface area contributed by atoms with Gasteiger partial charge in [0.15, 0.2) is 0 Å². The van der Waals surface area contributed by atoms with Crippen molar-refractivity contribution in [3.63, 3.8) is 0 Å². The molecule has 2 aromatic heterocycles. The molecule has 0 bridgehead atoms. The lowest BCUT2D eigenvalue weighted by Gasteiger charge is -2.04. The first-order valence-corrected chi connectivity index (χ1v) is 6.25. The highest BCUT2D eigenvalue weighted by Crippen LogP contribution is 2.08. The number of benzene rings is 1. The van der Waals surface area contributed by atoms with E-state index in [2.05, 4.69) is 36.2 Å². The van der Waals surface area contributed by atoms with Crippen LogP contribution in [0.4, 0.5) is 0 Å². The number of aryl methyl sites for hydroxylation is 1. The highest BCUT2D eigenvalue weighted by Gasteiger charge is 2.04. The molecule has 3 rings (SSSR count). The maximum absolute atomic E-state index is 12.0.